The van der Waals surface area contributed by atoms with Crippen LogP contribution in [0.4, 0.5) is 0 Å². The Morgan fingerprint density at radius 2 is 1.95 bits per heavy atom. The van der Waals surface area contributed by atoms with E-state index >= 15 is 0 Å². The van der Waals surface area contributed by atoms with Crippen LogP contribution in [0.2, 0.25) is 0 Å². The average molecular weight is 342 g/mol. The summed E-state index contributed by atoms with van der Waals surface area (Å²) < 4.78 is 22.5. The summed E-state index contributed by atoms with van der Waals surface area (Å²) in [6.07, 6.45) is 3.19. The van der Waals surface area contributed by atoms with Gasteiger partial charge < -0.3 is 4.90 Å². The van der Waals surface area contributed by atoms with Crippen molar-refractivity contribution in [3.05, 3.63) is 29.8 Å². The van der Waals surface area contributed by atoms with Crippen LogP contribution in [0.3, 0.4) is 0 Å². The van der Waals surface area contributed by atoms with Crippen molar-refractivity contribution in [3.63, 3.8) is 0 Å². The first kappa shape index (κ1) is 17.3. The van der Waals surface area contributed by atoms with E-state index in [9.17, 15) is 13.2 Å². The molecular formula is C15H22N2O3S2. The Labute approximate surface area is 136 Å². The third-order valence-electron chi connectivity index (χ3n) is 4.06. The smallest absolute Gasteiger partial charge is 0.253 e. The maximum absolute atomic E-state index is 12.5. The summed E-state index contributed by atoms with van der Waals surface area (Å²) in [6.45, 7) is 2.15. The van der Waals surface area contributed by atoms with E-state index in [0.29, 0.717) is 10.8 Å². The number of amides is 1. The number of rotatable bonds is 5. The molecule has 7 heteroatoms. The molecule has 2 N–H and O–H groups in total. The first-order valence-corrected chi connectivity index (χ1v) is 9.94. The van der Waals surface area contributed by atoms with Crippen molar-refractivity contribution in [1.29, 1.82) is 0 Å². The maximum atomic E-state index is 12.5. The molecule has 1 aromatic rings. The van der Waals surface area contributed by atoms with Crippen LogP contribution in [0.5, 0.6) is 0 Å². The second-order valence-corrected chi connectivity index (χ2v) is 8.67. The molecular weight excluding hydrogens is 320 g/mol. The second kappa shape index (κ2) is 7.02. The highest BCUT2D eigenvalue weighted by Gasteiger charge is 2.30. The molecule has 5 nitrogen and oxygen atoms in total. The Balaban J connectivity index is 2.05. The lowest BCUT2D eigenvalue weighted by atomic mass is 10.1. The predicted octanol–water partition coefficient (Wildman–Crippen LogP) is 2.08. The monoisotopic (exact) mass is 342 g/mol. The van der Waals surface area contributed by atoms with Gasteiger partial charge in [0, 0.05) is 23.9 Å². The van der Waals surface area contributed by atoms with Gasteiger partial charge in [-0.25, -0.2) is 13.6 Å². The molecule has 0 aromatic heterocycles. The SMILES string of the molecule is CCS[C@@H]1CC[C@@H](N(C)C(=O)c2ccc(S(N)(=O)=O)cc2)C1. The molecule has 22 heavy (non-hydrogen) atoms. The third kappa shape index (κ3) is 4.02. The highest BCUT2D eigenvalue weighted by Crippen LogP contribution is 2.32. The Hall–Kier alpha value is -1.05. The van der Waals surface area contributed by atoms with Gasteiger partial charge in [-0.15, -0.1) is 0 Å². The average Bonchev–Trinajstić information content (AvgIpc) is 2.94. The van der Waals surface area contributed by atoms with Gasteiger partial charge in [0.05, 0.1) is 4.90 Å². The van der Waals surface area contributed by atoms with Gasteiger partial charge in [-0.2, -0.15) is 11.8 Å². The van der Waals surface area contributed by atoms with E-state index in [4.69, 9.17) is 5.14 Å². The van der Waals surface area contributed by atoms with E-state index in [1.54, 1.807) is 4.90 Å². The van der Waals surface area contributed by atoms with Gasteiger partial charge in [-0.1, -0.05) is 6.92 Å². The summed E-state index contributed by atoms with van der Waals surface area (Å²) in [5.41, 5.74) is 0.487. The lowest BCUT2D eigenvalue weighted by molar-refractivity contribution is 0.0735. The molecule has 1 aliphatic carbocycles. The fourth-order valence-electron chi connectivity index (χ4n) is 2.81. The van der Waals surface area contributed by atoms with E-state index in [0.717, 1.165) is 25.0 Å². The summed E-state index contributed by atoms with van der Waals surface area (Å²) in [7, 11) is -1.90. The number of carbonyl (C=O) groups is 1. The molecule has 1 aromatic carbocycles. The first-order valence-electron chi connectivity index (χ1n) is 7.34. The molecule has 0 unspecified atom stereocenters. The molecule has 0 radical (unpaired) electrons. The molecule has 122 valence electrons. The van der Waals surface area contributed by atoms with Crippen LogP contribution in [0.25, 0.3) is 0 Å². The van der Waals surface area contributed by atoms with E-state index in [2.05, 4.69) is 6.92 Å². The number of sulfonamides is 1. The zero-order valence-corrected chi connectivity index (χ0v) is 14.5. The standard InChI is InChI=1S/C15H22N2O3S2/c1-3-21-13-7-6-12(10-13)17(2)15(18)11-4-8-14(9-5-11)22(16,19)20/h4-5,8-9,12-13H,3,6-7,10H2,1-2H3,(H2,16,19,20)/t12-,13-/m1/s1. The molecule has 2 rings (SSSR count). The summed E-state index contributed by atoms with van der Waals surface area (Å²) in [6, 6.07) is 6.05. The maximum Gasteiger partial charge on any atom is 0.253 e. The second-order valence-electron chi connectivity index (χ2n) is 5.53. The minimum Gasteiger partial charge on any atom is -0.339 e. The van der Waals surface area contributed by atoms with E-state index in [-0.39, 0.29) is 16.8 Å². The van der Waals surface area contributed by atoms with Crippen LogP contribution in [-0.2, 0) is 10.0 Å². The zero-order chi connectivity index (χ0) is 16.3. The molecule has 1 aliphatic rings. The van der Waals surface area contributed by atoms with Crippen molar-refractivity contribution in [2.75, 3.05) is 12.8 Å². The molecule has 1 saturated carbocycles. The summed E-state index contributed by atoms with van der Waals surface area (Å²) in [5, 5.41) is 5.69. The molecule has 0 spiro atoms. The highest BCUT2D eigenvalue weighted by molar-refractivity contribution is 7.99. The van der Waals surface area contributed by atoms with Gasteiger partial charge in [0.2, 0.25) is 10.0 Å². The van der Waals surface area contributed by atoms with Crippen molar-refractivity contribution < 1.29 is 13.2 Å². The minimum atomic E-state index is -3.72. The molecule has 0 saturated heterocycles. The van der Waals surface area contributed by atoms with E-state index < -0.39 is 10.0 Å². The number of primary sulfonamides is 1. The van der Waals surface area contributed by atoms with Gasteiger partial charge in [0.1, 0.15) is 0 Å². The van der Waals surface area contributed by atoms with Crippen LogP contribution in [0, 0.1) is 0 Å². The Morgan fingerprint density at radius 3 is 2.50 bits per heavy atom. The largest absolute Gasteiger partial charge is 0.339 e. The molecule has 0 aliphatic heterocycles. The van der Waals surface area contributed by atoms with Gasteiger partial charge >= 0.3 is 0 Å². The number of benzene rings is 1. The molecule has 1 fully saturated rings. The highest BCUT2D eigenvalue weighted by atomic mass is 32.2. The van der Waals surface area contributed by atoms with Crippen molar-refractivity contribution in [2.45, 2.75) is 42.4 Å². The van der Waals surface area contributed by atoms with Gasteiger partial charge in [-0.05, 0) is 49.3 Å². The summed E-state index contributed by atoms with van der Waals surface area (Å²) >= 11 is 1.95. The van der Waals surface area contributed by atoms with Crippen molar-refractivity contribution in [1.82, 2.24) is 4.90 Å². The number of carbonyl (C=O) groups excluding carboxylic acids is 1. The zero-order valence-electron chi connectivity index (χ0n) is 12.9. The predicted molar refractivity (Wildman–Crippen MR) is 89.5 cm³/mol. The van der Waals surface area contributed by atoms with E-state index in [1.807, 2.05) is 18.8 Å². The quantitative estimate of drug-likeness (QED) is 0.888. The molecule has 1 amide bonds. The molecule has 0 bridgehead atoms. The number of hydrogen-bond donors (Lipinski definition) is 1. The van der Waals surface area contributed by atoms with Crippen molar-refractivity contribution >= 4 is 27.7 Å². The lowest BCUT2D eigenvalue weighted by Crippen LogP contribution is -2.35. The minimum absolute atomic E-state index is 0.0204. The Bertz CT molecular complexity index is 629. The lowest BCUT2D eigenvalue weighted by Gasteiger charge is -2.25. The van der Waals surface area contributed by atoms with Crippen LogP contribution < -0.4 is 5.14 Å². The Kier molecular flexibility index (Phi) is 5.52. The molecule has 0 heterocycles. The number of nitrogens with two attached hydrogens (primary N) is 1. The van der Waals surface area contributed by atoms with E-state index in [1.165, 1.54) is 24.3 Å². The molecule has 2 atom stereocenters. The number of thioether (sulfide) groups is 1. The van der Waals surface area contributed by atoms with Crippen LogP contribution in [-0.4, -0.2) is 43.3 Å². The van der Waals surface area contributed by atoms with Gasteiger partial charge in [-0.3, -0.25) is 4.79 Å². The van der Waals surface area contributed by atoms with Crippen LogP contribution >= 0.6 is 11.8 Å². The topological polar surface area (TPSA) is 80.5 Å². The van der Waals surface area contributed by atoms with Gasteiger partial charge in [0.15, 0.2) is 0 Å². The number of nitrogens with zero attached hydrogens (tertiary/aromatic N) is 1. The van der Waals surface area contributed by atoms with Crippen LogP contribution in [0.1, 0.15) is 36.5 Å². The summed E-state index contributed by atoms with van der Waals surface area (Å²) in [5.74, 6) is 1.03. The van der Waals surface area contributed by atoms with Crippen LogP contribution in [0.15, 0.2) is 29.2 Å². The summed E-state index contributed by atoms with van der Waals surface area (Å²) in [4.78, 5) is 14.3. The van der Waals surface area contributed by atoms with Crippen molar-refractivity contribution in [3.8, 4) is 0 Å². The fourth-order valence-corrected chi connectivity index (χ4v) is 4.46. The van der Waals surface area contributed by atoms with Gasteiger partial charge in [0.25, 0.3) is 5.91 Å². The fraction of sp³-hybridized carbons (Fsp3) is 0.533. The Morgan fingerprint density at radius 1 is 1.32 bits per heavy atom. The number of hydrogen-bond acceptors (Lipinski definition) is 4. The van der Waals surface area contributed by atoms with Crippen molar-refractivity contribution in [2.24, 2.45) is 5.14 Å². The normalized spacial score (nSPS) is 21.8. The third-order valence-corrected chi connectivity index (χ3v) is 6.22. The first-order chi connectivity index (χ1) is 10.3.